The number of nitrogen functional groups attached to an aromatic ring is 1. The average Bonchev–Trinajstić information content (AvgIpc) is 1.96. The smallest absolute Gasteiger partial charge is 0.307 e. The van der Waals surface area contributed by atoms with Gasteiger partial charge in [-0.25, -0.2) is 4.98 Å². The summed E-state index contributed by atoms with van der Waals surface area (Å²) in [6, 6.07) is 1.59. The van der Waals surface area contributed by atoms with E-state index in [0.717, 1.165) is 0 Å². The molecule has 64 valence electrons. The van der Waals surface area contributed by atoms with Crippen molar-refractivity contribution in [1.29, 1.82) is 0 Å². The molecule has 12 heavy (non-hydrogen) atoms. The van der Waals surface area contributed by atoms with Crippen LogP contribution in [0.4, 0.5) is 5.69 Å². The molecule has 0 amide bonds. The number of aromatic nitrogens is 1. The highest BCUT2D eigenvalue weighted by Gasteiger charge is 2.05. The molecule has 0 saturated carbocycles. The Balaban J connectivity index is 2.97. The van der Waals surface area contributed by atoms with E-state index in [9.17, 15) is 4.79 Å². The summed E-state index contributed by atoms with van der Waals surface area (Å²) < 4.78 is 0.527. The lowest BCUT2D eigenvalue weighted by Gasteiger charge is -2.00. The van der Waals surface area contributed by atoms with E-state index in [-0.39, 0.29) is 6.42 Å². The Morgan fingerprint density at radius 2 is 2.42 bits per heavy atom. The van der Waals surface area contributed by atoms with Gasteiger partial charge in [-0.3, -0.25) is 4.79 Å². The largest absolute Gasteiger partial charge is 0.481 e. The summed E-state index contributed by atoms with van der Waals surface area (Å²) in [7, 11) is 0. The Hall–Kier alpha value is -1.10. The predicted molar refractivity (Wildman–Crippen MR) is 47.7 cm³/mol. The van der Waals surface area contributed by atoms with Crippen molar-refractivity contribution >= 4 is 27.6 Å². The molecule has 0 aliphatic rings. The van der Waals surface area contributed by atoms with Gasteiger partial charge in [0.1, 0.15) is 4.60 Å². The third-order valence-corrected chi connectivity index (χ3v) is 1.99. The Morgan fingerprint density at radius 3 is 3.00 bits per heavy atom. The number of hydrogen-bond donors (Lipinski definition) is 2. The molecule has 0 fully saturated rings. The van der Waals surface area contributed by atoms with Crippen LogP contribution >= 0.6 is 15.9 Å². The summed E-state index contributed by atoms with van der Waals surface area (Å²) in [4.78, 5) is 14.2. The molecule has 3 N–H and O–H groups in total. The molecule has 5 heteroatoms. The topological polar surface area (TPSA) is 76.2 Å². The third-order valence-electron chi connectivity index (χ3n) is 1.27. The quantitative estimate of drug-likeness (QED) is 0.746. The summed E-state index contributed by atoms with van der Waals surface area (Å²) in [6.45, 7) is 0. The summed E-state index contributed by atoms with van der Waals surface area (Å²) >= 11 is 3.13. The van der Waals surface area contributed by atoms with Gasteiger partial charge in [-0.1, -0.05) is 0 Å². The molecule has 0 unspecified atom stereocenters. The zero-order valence-electron chi connectivity index (χ0n) is 6.12. The molecule has 0 bridgehead atoms. The minimum absolute atomic E-state index is 0.0708. The molecule has 1 rings (SSSR count). The number of pyridine rings is 1. The third kappa shape index (κ3) is 2.20. The number of halogens is 1. The lowest BCUT2D eigenvalue weighted by Crippen LogP contribution is -2.02. The van der Waals surface area contributed by atoms with Crippen LogP contribution < -0.4 is 5.73 Å². The first-order valence-corrected chi connectivity index (χ1v) is 4.00. The number of carboxylic acid groups (broad SMARTS) is 1. The zero-order valence-corrected chi connectivity index (χ0v) is 7.71. The average molecular weight is 231 g/mol. The van der Waals surface area contributed by atoms with E-state index in [0.29, 0.717) is 15.9 Å². The van der Waals surface area contributed by atoms with E-state index in [2.05, 4.69) is 20.9 Å². The summed E-state index contributed by atoms with van der Waals surface area (Å²) in [6.07, 6.45) is 1.40. The Labute approximate surface area is 77.5 Å². The van der Waals surface area contributed by atoms with Crippen molar-refractivity contribution in [2.75, 3.05) is 5.73 Å². The number of carboxylic acids is 1. The first-order valence-electron chi connectivity index (χ1n) is 3.21. The number of nitrogens with two attached hydrogens (primary N) is 1. The van der Waals surface area contributed by atoms with Crippen LogP contribution in [0.1, 0.15) is 5.56 Å². The lowest BCUT2D eigenvalue weighted by molar-refractivity contribution is -0.136. The van der Waals surface area contributed by atoms with Gasteiger partial charge < -0.3 is 10.8 Å². The van der Waals surface area contributed by atoms with Gasteiger partial charge in [-0.2, -0.15) is 0 Å². The van der Waals surface area contributed by atoms with E-state index >= 15 is 0 Å². The SMILES string of the molecule is Nc1cnc(Br)c(CC(=O)O)c1. The van der Waals surface area contributed by atoms with Crippen molar-refractivity contribution in [3.63, 3.8) is 0 Å². The maximum atomic E-state index is 10.3. The molecular weight excluding hydrogens is 224 g/mol. The van der Waals surface area contributed by atoms with Crippen LogP contribution in [-0.4, -0.2) is 16.1 Å². The number of nitrogens with zero attached hydrogens (tertiary/aromatic N) is 1. The van der Waals surface area contributed by atoms with Gasteiger partial charge in [0.05, 0.1) is 18.3 Å². The van der Waals surface area contributed by atoms with Gasteiger partial charge >= 0.3 is 5.97 Å². The number of carbonyl (C=O) groups is 1. The molecule has 1 aromatic heterocycles. The van der Waals surface area contributed by atoms with E-state index in [4.69, 9.17) is 10.8 Å². The molecular formula is C7H7BrN2O2. The normalized spacial score (nSPS) is 9.75. The van der Waals surface area contributed by atoms with Crippen LogP contribution in [0.15, 0.2) is 16.9 Å². The maximum Gasteiger partial charge on any atom is 0.307 e. The van der Waals surface area contributed by atoms with Crippen molar-refractivity contribution < 1.29 is 9.90 Å². The van der Waals surface area contributed by atoms with Gasteiger partial charge in [0, 0.05) is 0 Å². The first-order chi connectivity index (χ1) is 5.59. The van der Waals surface area contributed by atoms with Crippen molar-refractivity contribution in [2.45, 2.75) is 6.42 Å². The van der Waals surface area contributed by atoms with Crippen LogP contribution in [0.3, 0.4) is 0 Å². The Bertz CT molecular complexity index is 314. The van der Waals surface area contributed by atoms with Crippen LogP contribution in [0.5, 0.6) is 0 Å². The molecule has 0 aliphatic heterocycles. The van der Waals surface area contributed by atoms with Gasteiger partial charge in [0.25, 0.3) is 0 Å². The maximum absolute atomic E-state index is 10.3. The van der Waals surface area contributed by atoms with Gasteiger partial charge in [-0.15, -0.1) is 0 Å². The molecule has 0 aliphatic carbocycles. The fourth-order valence-electron chi connectivity index (χ4n) is 0.799. The van der Waals surface area contributed by atoms with Crippen LogP contribution in [0.25, 0.3) is 0 Å². The highest BCUT2D eigenvalue weighted by molar-refractivity contribution is 9.10. The van der Waals surface area contributed by atoms with Crippen LogP contribution in [-0.2, 0) is 11.2 Å². The first kappa shape index (κ1) is 8.99. The monoisotopic (exact) mass is 230 g/mol. The molecule has 0 atom stereocenters. The van der Waals surface area contributed by atoms with Crippen molar-refractivity contribution in [1.82, 2.24) is 4.98 Å². The highest BCUT2D eigenvalue weighted by Crippen LogP contribution is 2.16. The molecule has 0 spiro atoms. The molecule has 4 nitrogen and oxygen atoms in total. The van der Waals surface area contributed by atoms with E-state index in [1.54, 1.807) is 6.07 Å². The summed E-state index contributed by atoms with van der Waals surface area (Å²) in [5, 5.41) is 8.49. The molecule has 1 aromatic rings. The second-order valence-corrected chi connectivity index (χ2v) is 3.04. The van der Waals surface area contributed by atoms with Crippen molar-refractivity contribution in [2.24, 2.45) is 0 Å². The van der Waals surface area contributed by atoms with E-state index < -0.39 is 5.97 Å². The van der Waals surface area contributed by atoms with Crippen LogP contribution in [0, 0.1) is 0 Å². The van der Waals surface area contributed by atoms with E-state index in [1.165, 1.54) is 6.20 Å². The second-order valence-electron chi connectivity index (χ2n) is 2.29. The van der Waals surface area contributed by atoms with Gasteiger partial charge in [0.15, 0.2) is 0 Å². The minimum atomic E-state index is -0.900. The number of hydrogen-bond acceptors (Lipinski definition) is 3. The summed E-state index contributed by atoms with van der Waals surface area (Å²) in [5.41, 5.74) is 6.48. The fraction of sp³-hybridized carbons (Fsp3) is 0.143. The fourth-order valence-corrected chi connectivity index (χ4v) is 1.16. The van der Waals surface area contributed by atoms with Crippen molar-refractivity contribution in [3.8, 4) is 0 Å². The number of aliphatic carboxylic acids is 1. The molecule has 0 saturated heterocycles. The lowest BCUT2D eigenvalue weighted by atomic mass is 10.2. The number of anilines is 1. The van der Waals surface area contributed by atoms with E-state index in [1.807, 2.05) is 0 Å². The van der Waals surface area contributed by atoms with Gasteiger partial charge in [-0.05, 0) is 27.6 Å². The van der Waals surface area contributed by atoms with Crippen LogP contribution in [0.2, 0.25) is 0 Å². The molecule has 0 aromatic carbocycles. The van der Waals surface area contributed by atoms with Crippen molar-refractivity contribution in [3.05, 3.63) is 22.4 Å². The number of rotatable bonds is 2. The Kier molecular flexibility index (Phi) is 2.65. The second kappa shape index (κ2) is 3.53. The highest BCUT2D eigenvalue weighted by atomic mass is 79.9. The summed E-state index contributed by atoms with van der Waals surface area (Å²) in [5.74, 6) is -0.900. The Morgan fingerprint density at radius 1 is 1.75 bits per heavy atom. The predicted octanol–water partition coefficient (Wildman–Crippen LogP) is 1.05. The zero-order chi connectivity index (χ0) is 9.14. The standard InChI is InChI=1S/C7H7BrN2O2/c8-7-4(2-6(11)12)1-5(9)3-10-7/h1,3H,2,9H2,(H,11,12). The minimum Gasteiger partial charge on any atom is -0.481 e. The molecule has 0 radical (unpaired) electrons. The molecule has 1 heterocycles. The van der Waals surface area contributed by atoms with Gasteiger partial charge in [0.2, 0.25) is 0 Å².